The highest BCUT2D eigenvalue weighted by molar-refractivity contribution is 5.85. The van der Waals surface area contributed by atoms with E-state index in [1.807, 2.05) is 18.3 Å². The van der Waals surface area contributed by atoms with Crippen molar-refractivity contribution in [1.82, 2.24) is 10.3 Å². The van der Waals surface area contributed by atoms with Crippen molar-refractivity contribution >= 4 is 35.7 Å². The average Bonchev–Trinajstić information content (AvgIpc) is 2.53. The van der Waals surface area contributed by atoms with Crippen LogP contribution >= 0.6 is 24.8 Å². The maximum absolute atomic E-state index is 5.34. The van der Waals surface area contributed by atoms with Gasteiger partial charge in [0.25, 0.3) is 0 Å². The van der Waals surface area contributed by atoms with Gasteiger partial charge in [-0.15, -0.1) is 24.8 Å². The summed E-state index contributed by atoms with van der Waals surface area (Å²) in [5.74, 6) is 1.78. The largest absolute Gasteiger partial charge is 0.497 e. The van der Waals surface area contributed by atoms with E-state index >= 15 is 0 Å². The molecule has 0 atom stereocenters. The molecule has 2 aromatic rings. The number of halogens is 2. The number of ether oxygens (including phenoxy) is 1. The van der Waals surface area contributed by atoms with Crippen molar-refractivity contribution in [2.45, 2.75) is 25.7 Å². The van der Waals surface area contributed by atoms with Crippen LogP contribution in [0.5, 0.6) is 5.75 Å². The number of piperidine rings is 1. The monoisotopic (exact) mass is 342 g/mol. The number of benzene rings is 1. The zero-order valence-electron chi connectivity index (χ0n) is 12.9. The number of nitrogens with one attached hydrogen (secondary N) is 1. The van der Waals surface area contributed by atoms with Gasteiger partial charge in [-0.1, -0.05) is 0 Å². The molecule has 1 aliphatic rings. The van der Waals surface area contributed by atoms with Crippen LogP contribution in [0.3, 0.4) is 0 Å². The van der Waals surface area contributed by atoms with Crippen LogP contribution in [0.4, 0.5) is 0 Å². The molecule has 0 spiro atoms. The highest BCUT2D eigenvalue weighted by Crippen LogP contribution is 2.25. The second kappa shape index (κ2) is 9.19. The third kappa shape index (κ3) is 4.48. The fourth-order valence-corrected chi connectivity index (χ4v) is 3.06. The summed E-state index contributed by atoms with van der Waals surface area (Å²) in [5.41, 5.74) is 2.46. The van der Waals surface area contributed by atoms with Crippen molar-refractivity contribution in [3.63, 3.8) is 0 Å². The Morgan fingerprint density at radius 2 is 1.95 bits per heavy atom. The van der Waals surface area contributed by atoms with Gasteiger partial charge in [0.2, 0.25) is 0 Å². The molecule has 3 nitrogen and oxygen atoms in total. The third-order valence-corrected chi connectivity index (χ3v) is 4.32. The lowest BCUT2D eigenvalue weighted by Gasteiger charge is -2.22. The number of methoxy groups -OCH3 is 1. The van der Waals surface area contributed by atoms with Crippen LogP contribution in [0.15, 0.2) is 30.5 Å². The molecule has 0 aliphatic carbocycles. The van der Waals surface area contributed by atoms with Gasteiger partial charge in [-0.05, 0) is 74.5 Å². The molecule has 0 saturated carbocycles. The van der Waals surface area contributed by atoms with Crippen molar-refractivity contribution in [3.8, 4) is 5.75 Å². The predicted octanol–water partition coefficient (Wildman–Crippen LogP) is 4.02. The molecule has 0 amide bonds. The summed E-state index contributed by atoms with van der Waals surface area (Å²) >= 11 is 0. The van der Waals surface area contributed by atoms with E-state index in [4.69, 9.17) is 4.74 Å². The van der Waals surface area contributed by atoms with Gasteiger partial charge in [0, 0.05) is 11.6 Å². The molecule has 1 fully saturated rings. The van der Waals surface area contributed by atoms with Gasteiger partial charge < -0.3 is 10.1 Å². The second-order valence-corrected chi connectivity index (χ2v) is 5.59. The molecule has 1 N–H and O–H groups in total. The number of aromatic nitrogens is 1. The maximum atomic E-state index is 5.34. The molecule has 1 aliphatic heterocycles. The van der Waals surface area contributed by atoms with Gasteiger partial charge in [-0.3, -0.25) is 4.98 Å². The Morgan fingerprint density at radius 1 is 1.18 bits per heavy atom. The van der Waals surface area contributed by atoms with E-state index in [9.17, 15) is 0 Å². The Hall–Kier alpha value is -1.03. The van der Waals surface area contributed by atoms with Crippen molar-refractivity contribution in [1.29, 1.82) is 0 Å². The van der Waals surface area contributed by atoms with Gasteiger partial charge >= 0.3 is 0 Å². The van der Waals surface area contributed by atoms with Crippen LogP contribution in [0.2, 0.25) is 0 Å². The SMILES string of the molecule is COc1ccc2nccc(CCC3CCNCC3)c2c1.Cl.Cl. The van der Waals surface area contributed by atoms with Crippen molar-refractivity contribution in [2.75, 3.05) is 20.2 Å². The quantitative estimate of drug-likeness (QED) is 0.911. The van der Waals surface area contributed by atoms with E-state index in [1.165, 1.54) is 43.3 Å². The fraction of sp³-hybridized carbons (Fsp3) is 0.471. The lowest BCUT2D eigenvalue weighted by Crippen LogP contribution is -2.27. The first-order valence-electron chi connectivity index (χ1n) is 7.49. The molecule has 0 radical (unpaired) electrons. The molecule has 1 aromatic carbocycles. The van der Waals surface area contributed by atoms with Crippen LogP contribution in [-0.2, 0) is 6.42 Å². The summed E-state index contributed by atoms with van der Waals surface area (Å²) in [6, 6.07) is 8.29. The van der Waals surface area contributed by atoms with Gasteiger partial charge in [-0.25, -0.2) is 0 Å². The summed E-state index contributed by atoms with van der Waals surface area (Å²) < 4.78 is 5.34. The normalized spacial score (nSPS) is 15.0. The van der Waals surface area contributed by atoms with Crippen LogP contribution in [0.25, 0.3) is 10.9 Å². The molecular formula is C17H24Cl2N2O. The number of pyridine rings is 1. The Morgan fingerprint density at radius 3 is 2.68 bits per heavy atom. The fourth-order valence-electron chi connectivity index (χ4n) is 3.06. The lowest BCUT2D eigenvalue weighted by molar-refractivity contribution is 0.354. The summed E-state index contributed by atoms with van der Waals surface area (Å²) in [7, 11) is 1.71. The second-order valence-electron chi connectivity index (χ2n) is 5.59. The highest BCUT2D eigenvalue weighted by atomic mass is 35.5. The molecule has 22 heavy (non-hydrogen) atoms. The van der Waals surface area contributed by atoms with Crippen LogP contribution < -0.4 is 10.1 Å². The molecule has 0 bridgehead atoms. The minimum atomic E-state index is 0. The van der Waals surface area contributed by atoms with E-state index in [0.29, 0.717) is 0 Å². The van der Waals surface area contributed by atoms with Crippen molar-refractivity contribution in [3.05, 3.63) is 36.0 Å². The predicted molar refractivity (Wildman–Crippen MR) is 96.7 cm³/mol. The van der Waals surface area contributed by atoms with Crippen LogP contribution in [-0.4, -0.2) is 25.2 Å². The van der Waals surface area contributed by atoms with Crippen LogP contribution in [0.1, 0.15) is 24.8 Å². The van der Waals surface area contributed by atoms with Crippen LogP contribution in [0, 0.1) is 5.92 Å². The molecule has 122 valence electrons. The van der Waals surface area contributed by atoms with E-state index in [1.54, 1.807) is 7.11 Å². The first-order valence-corrected chi connectivity index (χ1v) is 7.49. The third-order valence-electron chi connectivity index (χ3n) is 4.32. The minimum absolute atomic E-state index is 0. The van der Waals surface area contributed by atoms with E-state index < -0.39 is 0 Å². The number of hydrogen-bond acceptors (Lipinski definition) is 3. The first kappa shape index (κ1) is 19.0. The Kier molecular flexibility index (Phi) is 7.94. The van der Waals surface area contributed by atoms with Gasteiger partial charge in [0.05, 0.1) is 12.6 Å². The van der Waals surface area contributed by atoms with Gasteiger partial charge in [0.1, 0.15) is 5.75 Å². The first-order chi connectivity index (χ1) is 9.86. The summed E-state index contributed by atoms with van der Waals surface area (Å²) in [6.45, 7) is 2.35. The number of nitrogens with zero attached hydrogens (tertiary/aromatic N) is 1. The highest BCUT2D eigenvalue weighted by Gasteiger charge is 2.13. The minimum Gasteiger partial charge on any atom is -0.497 e. The number of rotatable bonds is 4. The smallest absolute Gasteiger partial charge is 0.119 e. The zero-order valence-corrected chi connectivity index (χ0v) is 14.5. The standard InChI is InChI=1S/C17H22N2O.2ClH/c1-20-15-4-5-17-16(12-15)14(8-11-19-17)3-2-13-6-9-18-10-7-13;;/h4-5,8,11-13,18H,2-3,6-7,9-10H2,1H3;2*1H. The van der Waals surface area contributed by atoms with Gasteiger partial charge in [-0.2, -0.15) is 0 Å². The lowest BCUT2D eigenvalue weighted by atomic mass is 9.90. The molecule has 2 heterocycles. The summed E-state index contributed by atoms with van der Waals surface area (Å²) in [6.07, 6.45) is 6.96. The number of hydrogen-bond donors (Lipinski definition) is 1. The average molecular weight is 343 g/mol. The van der Waals surface area contributed by atoms with Crippen molar-refractivity contribution in [2.24, 2.45) is 5.92 Å². The molecule has 5 heteroatoms. The topological polar surface area (TPSA) is 34.1 Å². The zero-order chi connectivity index (χ0) is 13.8. The molecule has 1 aromatic heterocycles. The molecule has 3 rings (SSSR count). The van der Waals surface area contributed by atoms with E-state index in [2.05, 4.69) is 22.4 Å². The van der Waals surface area contributed by atoms with E-state index in [0.717, 1.165) is 23.6 Å². The maximum Gasteiger partial charge on any atom is 0.119 e. The van der Waals surface area contributed by atoms with Gasteiger partial charge in [0.15, 0.2) is 0 Å². The molecule has 1 saturated heterocycles. The number of aryl methyl sites for hydroxylation is 1. The Labute approximate surface area is 144 Å². The Bertz CT molecular complexity index is 586. The summed E-state index contributed by atoms with van der Waals surface area (Å²) in [5, 5.41) is 4.67. The van der Waals surface area contributed by atoms with E-state index in [-0.39, 0.29) is 24.8 Å². The molecular weight excluding hydrogens is 319 g/mol. The molecule has 0 unspecified atom stereocenters. The Balaban J connectivity index is 0.00000121. The number of fused-ring (bicyclic) bond motifs is 1. The summed E-state index contributed by atoms with van der Waals surface area (Å²) in [4.78, 5) is 4.45. The van der Waals surface area contributed by atoms with Crippen molar-refractivity contribution < 1.29 is 4.74 Å².